The molecule has 2 N–H and O–H groups in total. The van der Waals surface area contributed by atoms with Gasteiger partial charge in [-0.25, -0.2) is 27.4 Å². The van der Waals surface area contributed by atoms with Crippen LogP contribution in [0.15, 0.2) is 95.6 Å². The van der Waals surface area contributed by atoms with Gasteiger partial charge in [-0.1, -0.05) is 48.6 Å². The number of benzene rings is 2. The fourth-order valence-corrected chi connectivity index (χ4v) is 8.57. The summed E-state index contributed by atoms with van der Waals surface area (Å²) in [4.78, 5) is 45.6. The van der Waals surface area contributed by atoms with Crippen LogP contribution < -0.4 is 15.4 Å². The van der Waals surface area contributed by atoms with Gasteiger partial charge in [-0.15, -0.1) is 11.6 Å². The van der Waals surface area contributed by atoms with E-state index >= 15 is 4.39 Å². The average Bonchev–Trinajstić information content (AvgIpc) is 3.17. The second-order valence-electron chi connectivity index (χ2n) is 15.0. The van der Waals surface area contributed by atoms with Gasteiger partial charge in [-0.2, -0.15) is 4.31 Å². The number of piperazine rings is 1. The number of sulfonamides is 1. The van der Waals surface area contributed by atoms with Crippen LogP contribution >= 0.6 is 11.6 Å². The van der Waals surface area contributed by atoms with Crippen LogP contribution in [0.4, 0.5) is 19.7 Å². The number of ether oxygens (including phenoxy) is 3. The number of methoxy groups -OCH3 is 2. The lowest BCUT2D eigenvalue weighted by molar-refractivity contribution is -0.118. The van der Waals surface area contributed by atoms with Crippen molar-refractivity contribution in [3.05, 3.63) is 108 Å². The third-order valence-corrected chi connectivity index (χ3v) is 11.9. The van der Waals surface area contributed by atoms with Gasteiger partial charge in [-0.05, 0) is 82.4 Å². The van der Waals surface area contributed by atoms with E-state index in [0.717, 1.165) is 0 Å². The van der Waals surface area contributed by atoms with Crippen molar-refractivity contribution in [2.45, 2.75) is 80.3 Å². The second kappa shape index (κ2) is 18.1. The molecule has 1 saturated heterocycles. The predicted octanol–water partition coefficient (Wildman–Crippen LogP) is 6.80. The Morgan fingerprint density at radius 2 is 1.79 bits per heavy atom. The van der Waals surface area contributed by atoms with E-state index in [2.05, 4.69) is 15.6 Å². The Morgan fingerprint density at radius 3 is 2.40 bits per heavy atom. The number of carbonyl (C=O) groups excluding carboxylic acids is 3. The normalized spacial score (nSPS) is 19.8. The molecule has 1 aliphatic carbocycles. The summed E-state index contributed by atoms with van der Waals surface area (Å²) in [6.45, 7) is 7.14. The quantitative estimate of drug-likeness (QED) is 0.188. The zero-order valence-corrected chi connectivity index (χ0v) is 34.4. The van der Waals surface area contributed by atoms with Gasteiger partial charge >= 0.3 is 12.2 Å². The third kappa shape index (κ3) is 10.9. The number of hydrogen-bond acceptors (Lipinski definition) is 9. The van der Waals surface area contributed by atoms with Crippen LogP contribution in [0.3, 0.4) is 0 Å². The molecule has 1 fully saturated rings. The molecule has 1 unspecified atom stereocenters. The first-order chi connectivity index (χ1) is 26.9. The van der Waals surface area contributed by atoms with Crippen molar-refractivity contribution >= 4 is 45.4 Å². The lowest BCUT2D eigenvalue weighted by atomic mass is 9.81. The third-order valence-electron chi connectivity index (χ3n) is 9.66. The summed E-state index contributed by atoms with van der Waals surface area (Å²) in [5, 5.41) is 5.49. The molecule has 3 amide bonds. The predicted molar refractivity (Wildman–Crippen MR) is 214 cm³/mol. The largest absolute Gasteiger partial charge is 0.481 e. The maximum absolute atomic E-state index is 15.9. The first kappa shape index (κ1) is 43.1. The molecule has 2 aliphatic rings. The molecule has 3 aromatic rings. The van der Waals surface area contributed by atoms with Crippen molar-refractivity contribution < 1.29 is 41.4 Å². The number of carbonyl (C=O) groups is 3. The van der Waals surface area contributed by atoms with Crippen LogP contribution in [-0.2, 0) is 30.7 Å². The summed E-state index contributed by atoms with van der Waals surface area (Å²) >= 11 is 6.59. The number of alkyl carbamates (subject to hydrolysis) is 1. The number of rotatable bonds is 12. The van der Waals surface area contributed by atoms with E-state index in [-0.39, 0.29) is 48.6 Å². The van der Waals surface area contributed by atoms with E-state index in [0.29, 0.717) is 23.4 Å². The number of allylic oxidation sites excluding steroid dienone is 3. The second-order valence-corrected chi connectivity index (χ2v) is 17.8. The highest BCUT2D eigenvalue weighted by molar-refractivity contribution is 7.89. The van der Waals surface area contributed by atoms with Gasteiger partial charge in [0.1, 0.15) is 17.5 Å². The molecule has 0 bridgehead atoms. The maximum atomic E-state index is 15.9. The van der Waals surface area contributed by atoms with Crippen molar-refractivity contribution in [1.82, 2.24) is 19.5 Å². The highest BCUT2D eigenvalue weighted by Crippen LogP contribution is 2.37. The van der Waals surface area contributed by atoms with Crippen LogP contribution in [0, 0.1) is 5.82 Å². The number of nitrogens with zero attached hydrogens (tertiary/aromatic N) is 3. The van der Waals surface area contributed by atoms with E-state index in [4.69, 9.17) is 25.8 Å². The molecule has 0 saturated carbocycles. The van der Waals surface area contributed by atoms with Crippen molar-refractivity contribution in [1.29, 1.82) is 0 Å². The zero-order valence-electron chi connectivity index (χ0n) is 32.8. The monoisotopic (exact) mass is 825 g/mol. The fraction of sp³-hybridized carbons (Fsp3) is 0.415. The Morgan fingerprint density at radius 1 is 1.05 bits per heavy atom. The Bertz CT molecular complexity index is 2090. The summed E-state index contributed by atoms with van der Waals surface area (Å²) in [6, 6.07) is 13.5. The maximum Gasteiger partial charge on any atom is 0.410 e. The molecule has 5 rings (SSSR count). The molecule has 1 aliphatic heterocycles. The first-order valence-corrected chi connectivity index (χ1v) is 20.3. The van der Waals surface area contributed by atoms with E-state index in [1.807, 2.05) is 19.1 Å². The number of alkyl halides is 1. The van der Waals surface area contributed by atoms with Crippen LogP contribution in [0.1, 0.15) is 57.6 Å². The number of amides is 3. The lowest BCUT2D eigenvalue weighted by Gasteiger charge is -2.41. The van der Waals surface area contributed by atoms with Gasteiger partial charge in [0, 0.05) is 55.1 Å². The molecule has 4 atom stereocenters. The fourth-order valence-electron chi connectivity index (χ4n) is 6.78. The van der Waals surface area contributed by atoms with Crippen molar-refractivity contribution in [3.63, 3.8) is 0 Å². The minimum Gasteiger partial charge on any atom is -0.481 e. The van der Waals surface area contributed by atoms with E-state index in [1.54, 1.807) is 63.4 Å². The lowest BCUT2D eigenvalue weighted by Crippen LogP contribution is -2.57. The average molecular weight is 826 g/mol. The summed E-state index contributed by atoms with van der Waals surface area (Å²) in [7, 11) is -1.37. The summed E-state index contributed by atoms with van der Waals surface area (Å²) in [6.07, 6.45) is 6.04. The SMILES string of the molecule is COC(=O)N[C@H](C(=O)Nc1cccc(F)c1CC[C@H]1CN(C(=O)OC(C)(C)C)CCN1S(=O)(=O)c1ccccc1)[C@@H](C1=CCC(C)(Cl)C=C1)c1ccc(OC)nc1. The van der Waals surface area contributed by atoms with E-state index in [1.165, 1.54) is 53.8 Å². The molecule has 2 heterocycles. The number of aromatic nitrogens is 1. The number of pyridine rings is 1. The van der Waals surface area contributed by atoms with Gasteiger partial charge < -0.3 is 29.7 Å². The van der Waals surface area contributed by atoms with Crippen LogP contribution in [0.2, 0.25) is 0 Å². The minimum absolute atomic E-state index is 0.0101. The Labute approximate surface area is 338 Å². The van der Waals surface area contributed by atoms with E-state index < -0.39 is 62.4 Å². The van der Waals surface area contributed by atoms with Crippen molar-refractivity contribution in [3.8, 4) is 5.88 Å². The van der Waals surface area contributed by atoms with Gasteiger partial charge in [0.25, 0.3) is 0 Å². The Hall–Kier alpha value is -4.99. The standard InChI is InChI=1S/C41H49ClFN5O8S/c1-40(2,3)56-39(51)47-23-24-48(57(52,53)30-11-8-7-9-12-30)29(26-47)16-17-31-32(43)13-10-14-33(31)45-37(49)36(46-38(50)55-6)35(27-19-21-41(4,42)22-20-27)28-15-18-34(54-5)44-25-28/h7-15,18-21,25,29,35-36H,16-17,22-24,26H2,1-6H3,(H,45,49)(H,46,50)/t29-,35-,36-,41?/m0/s1. The molecule has 0 spiro atoms. The van der Waals surface area contributed by atoms with Gasteiger partial charge in [0.15, 0.2) is 0 Å². The smallest absolute Gasteiger partial charge is 0.410 e. The van der Waals surface area contributed by atoms with Gasteiger partial charge in [-0.3, -0.25) is 4.79 Å². The Balaban J connectivity index is 1.47. The van der Waals surface area contributed by atoms with Gasteiger partial charge in [0.05, 0.1) is 24.0 Å². The number of halogens is 2. The van der Waals surface area contributed by atoms with Crippen molar-refractivity contribution in [2.75, 3.05) is 39.2 Å². The molecule has 16 heteroatoms. The van der Waals surface area contributed by atoms with Crippen LogP contribution in [-0.4, -0.2) is 97.1 Å². The summed E-state index contributed by atoms with van der Waals surface area (Å²) in [5.41, 5.74) is 0.668. The topological polar surface area (TPSA) is 156 Å². The highest BCUT2D eigenvalue weighted by Gasteiger charge is 2.39. The molecule has 57 heavy (non-hydrogen) atoms. The number of hydrogen-bond donors (Lipinski definition) is 2. The first-order valence-electron chi connectivity index (χ1n) is 18.5. The molecular formula is C41H49ClFN5O8S. The van der Waals surface area contributed by atoms with Gasteiger partial charge in [0.2, 0.25) is 21.8 Å². The number of nitrogens with one attached hydrogen (secondary N) is 2. The van der Waals surface area contributed by atoms with Crippen molar-refractivity contribution in [2.24, 2.45) is 0 Å². The zero-order chi connectivity index (χ0) is 41.5. The molecule has 13 nitrogen and oxygen atoms in total. The number of anilines is 1. The summed E-state index contributed by atoms with van der Waals surface area (Å²) in [5.74, 6) is -1.80. The van der Waals surface area contributed by atoms with Crippen LogP contribution in [0.25, 0.3) is 0 Å². The Kier molecular flexibility index (Phi) is 13.7. The molecule has 2 aromatic carbocycles. The minimum atomic E-state index is -4.02. The van der Waals surface area contributed by atoms with Crippen LogP contribution in [0.5, 0.6) is 5.88 Å². The molecule has 0 radical (unpaired) electrons. The molecule has 306 valence electrons. The molecule has 1 aromatic heterocycles. The highest BCUT2D eigenvalue weighted by atomic mass is 35.5. The summed E-state index contributed by atoms with van der Waals surface area (Å²) < 4.78 is 60.9. The van der Waals surface area contributed by atoms with E-state index in [9.17, 15) is 22.8 Å². The molecular weight excluding hydrogens is 777 g/mol.